The van der Waals surface area contributed by atoms with Crippen molar-refractivity contribution in [3.8, 4) is 11.5 Å². The summed E-state index contributed by atoms with van der Waals surface area (Å²) in [6, 6.07) is 10.7. The zero-order valence-electron chi connectivity index (χ0n) is 23.6. The summed E-state index contributed by atoms with van der Waals surface area (Å²) < 4.78 is 12.2. The molecule has 2 aromatic carbocycles. The number of rotatable bonds is 7. The van der Waals surface area contributed by atoms with Gasteiger partial charge in [0.15, 0.2) is 5.13 Å². The molecule has 212 valence electrons. The van der Waals surface area contributed by atoms with Gasteiger partial charge in [0.05, 0.1) is 23.1 Å². The maximum Gasteiger partial charge on any atom is 0.257 e. The van der Waals surface area contributed by atoms with Crippen LogP contribution in [-0.4, -0.2) is 71.4 Å². The number of hydrogen-bond acceptors (Lipinski definition) is 8. The minimum Gasteiger partial charge on any atom is -0.496 e. The Morgan fingerprint density at radius 1 is 1.02 bits per heavy atom. The normalized spacial score (nSPS) is 13.7. The molecule has 0 saturated carbocycles. The van der Waals surface area contributed by atoms with E-state index in [2.05, 4.69) is 10.3 Å². The largest absolute Gasteiger partial charge is 0.496 e. The predicted octanol–water partition coefficient (Wildman–Crippen LogP) is 5.35. The molecule has 0 spiro atoms. The fraction of sp³-hybridized carbons (Fsp3) is 0.379. The van der Waals surface area contributed by atoms with Gasteiger partial charge in [-0.05, 0) is 69.7 Å². The Bertz CT molecular complexity index is 1390. The number of thiazole rings is 1. The van der Waals surface area contributed by atoms with E-state index in [1.165, 1.54) is 23.1 Å². The first-order valence-electron chi connectivity index (χ1n) is 12.9. The highest BCUT2D eigenvalue weighted by Gasteiger charge is 2.26. The van der Waals surface area contributed by atoms with Crippen LogP contribution in [0.2, 0.25) is 0 Å². The summed E-state index contributed by atoms with van der Waals surface area (Å²) in [6.45, 7) is 11.4. The topological polar surface area (TPSA) is 101 Å². The molecular formula is C29H34N4O5S2. The molecular weight excluding hydrogens is 548 g/mol. The van der Waals surface area contributed by atoms with E-state index in [-0.39, 0.29) is 23.3 Å². The van der Waals surface area contributed by atoms with E-state index in [1.54, 1.807) is 54.3 Å². The Kier molecular flexibility index (Phi) is 9.05. The monoisotopic (exact) mass is 582 g/mol. The first-order chi connectivity index (χ1) is 18.9. The molecule has 0 radical (unpaired) electrons. The highest BCUT2D eigenvalue weighted by molar-refractivity contribution is 8.01. The van der Waals surface area contributed by atoms with E-state index < -0.39 is 0 Å². The number of carbonyl (C=O) groups excluding carboxylic acids is 3. The van der Waals surface area contributed by atoms with Crippen molar-refractivity contribution in [2.45, 2.75) is 49.3 Å². The van der Waals surface area contributed by atoms with E-state index in [0.717, 1.165) is 14.7 Å². The van der Waals surface area contributed by atoms with Crippen molar-refractivity contribution in [2.75, 3.05) is 38.6 Å². The SMILES string of the molecule is COc1cc(C)c(Sc2cnc(NC(=O)c3ccc(OC(C)(C)C)cc3)s2)cc1C(=O)N1CCN(C(C)=O)CC1. The molecule has 1 aromatic heterocycles. The lowest BCUT2D eigenvalue weighted by Gasteiger charge is -2.34. The van der Waals surface area contributed by atoms with E-state index in [0.29, 0.717) is 53.9 Å². The second-order valence-electron chi connectivity index (χ2n) is 10.4. The van der Waals surface area contributed by atoms with Crippen molar-refractivity contribution in [2.24, 2.45) is 0 Å². The number of benzene rings is 2. The fourth-order valence-electron chi connectivity index (χ4n) is 4.17. The first-order valence-corrected chi connectivity index (χ1v) is 14.5. The van der Waals surface area contributed by atoms with Gasteiger partial charge in [0.1, 0.15) is 17.1 Å². The standard InChI is InChI=1S/C29H34N4O5S2/c1-18-15-23(37-6)22(27(36)33-13-11-32(12-14-33)19(2)34)16-24(18)39-25-17-30-28(40-25)31-26(35)20-7-9-21(10-8-20)38-29(3,4)5/h7-10,15-17H,11-14H2,1-6H3,(H,30,31,35). The van der Waals surface area contributed by atoms with Crippen LogP contribution in [0.15, 0.2) is 51.7 Å². The highest BCUT2D eigenvalue weighted by atomic mass is 32.2. The number of aromatic nitrogens is 1. The van der Waals surface area contributed by atoms with Crippen LogP contribution in [0.3, 0.4) is 0 Å². The smallest absolute Gasteiger partial charge is 0.257 e. The van der Waals surface area contributed by atoms with Gasteiger partial charge in [0.2, 0.25) is 5.91 Å². The lowest BCUT2D eigenvalue weighted by Crippen LogP contribution is -2.50. The summed E-state index contributed by atoms with van der Waals surface area (Å²) >= 11 is 2.83. The molecule has 11 heteroatoms. The number of nitrogens with zero attached hydrogens (tertiary/aromatic N) is 3. The highest BCUT2D eigenvalue weighted by Crippen LogP contribution is 2.38. The predicted molar refractivity (Wildman–Crippen MR) is 157 cm³/mol. The number of nitrogens with one attached hydrogen (secondary N) is 1. The van der Waals surface area contributed by atoms with Crippen LogP contribution in [0.25, 0.3) is 0 Å². The van der Waals surface area contributed by atoms with E-state index in [1.807, 2.05) is 39.8 Å². The summed E-state index contributed by atoms with van der Waals surface area (Å²) in [7, 11) is 1.55. The van der Waals surface area contributed by atoms with Gasteiger partial charge >= 0.3 is 0 Å². The molecule has 1 aliphatic rings. The Morgan fingerprint density at radius 2 is 1.68 bits per heavy atom. The van der Waals surface area contributed by atoms with Gasteiger partial charge in [-0.2, -0.15) is 0 Å². The summed E-state index contributed by atoms with van der Waals surface area (Å²) in [5.41, 5.74) is 1.62. The lowest BCUT2D eigenvalue weighted by atomic mass is 10.1. The average molecular weight is 583 g/mol. The molecule has 1 saturated heterocycles. The molecule has 1 aliphatic heterocycles. The van der Waals surface area contributed by atoms with Crippen LogP contribution in [-0.2, 0) is 4.79 Å². The van der Waals surface area contributed by atoms with Crippen LogP contribution in [0.1, 0.15) is 54.0 Å². The fourth-order valence-corrected chi connectivity index (χ4v) is 6.11. The molecule has 3 aromatic rings. The Morgan fingerprint density at radius 3 is 2.27 bits per heavy atom. The minimum atomic E-state index is -0.319. The zero-order valence-corrected chi connectivity index (χ0v) is 25.2. The zero-order chi connectivity index (χ0) is 29.0. The Hall–Kier alpha value is -3.57. The van der Waals surface area contributed by atoms with Gasteiger partial charge in [0.25, 0.3) is 11.8 Å². The number of piperazine rings is 1. The van der Waals surface area contributed by atoms with E-state index >= 15 is 0 Å². The number of methoxy groups -OCH3 is 1. The van der Waals surface area contributed by atoms with E-state index in [4.69, 9.17) is 9.47 Å². The molecule has 9 nitrogen and oxygen atoms in total. The van der Waals surface area contributed by atoms with Crippen molar-refractivity contribution >= 4 is 46.0 Å². The molecule has 1 N–H and O–H groups in total. The number of aryl methyl sites for hydroxylation is 1. The number of anilines is 1. The molecule has 2 heterocycles. The van der Waals surface area contributed by atoms with Crippen LogP contribution < -0.4 is 14.8 Å². The van der Waals surface area contributed by atoms with Gasteiger partial charge in [-0.3, -0.25) is 19.7 Å². The average Bonchev–Trinajstić information content (AvgIpc) is 3.35. The maximum atomic E-state index is 13.4. The van der Waals surface area contributed by atoms with Crippen LogP contribution in [0.5, 0.6) is 11.5 Å². The minimum absolute atomic E-state index is 0.0161. The number of amides is 3. The molecule has 3 amide bonds. The third-order valence-corrected chi connectivity index (χ3v) is 8.37. The summed E-state index contributed by atoms with van der Waals surface area (Å²) in [5.74, 6) is 0.840. The summed E-state index contributed by atoms with van der Waals surface area (Å²) in [5, 5.41) is 3.33. The van der Waals surface area contributed by atoms with Gasteiger partial charge in [0, 0.05) is 43.6 Å². The van der Waals surface area contributed by atoms with Crippen LogP contribution in [0.4, 0.5) is 5.13 Å². The third-order valence-electron chi connectivity index (χ3n) is 6.20. The van der Waals surface area contributed by atoms with E-state index in [9.17, 15) is 14.4 Å². The lowest BCUT2D eigenvalue weighted by molar-refractivity contribution is -0.130. The quantitative estimate of drug-likeness (QED) is 0.401. The number of hydrogen-bond donors (Lipinski definition) is 1. The Labute approximate surface area is 242 Å². The second kappa shape index (κ2) is 12.3. The second-order valence-corrected chi connectivity index (χ2v) is 12.8. The number of ether oxygens (including phenoxy) is 2. The van der Waals surface area contributed by atoms with Crippen LogP contribution in [0, 0.1) is 6.92 Å². The molecule has 0 unspecified atom stereocenters. The maximum absolute atomic E-state index is 13.4. The van der Waals surface area contributed by atoms with Crippen molar-refractivity contribution < 1.29 is 23.9 Å². The van der Waals surface area contributed by atoms with Gasteiger partial charge < -0.3 is 19.3 Å². The van der Waals surface area contributed by atoms with Gasteiger partial charge in [-0.1, -0.05) is 23.1 Å². The third kappa shape index (κ3) is 7.33. The van der Waals surface area contributed by atoms with Crippen molar-refractivity contribution in [3.05, 3.63) is 59.3 Å². The number of carbonyl (C=O) groups is 3. The molecule has 0 atom stereocenters. The van der Waals surface area contributed by atoms with Gasteiger partial charge in [-0.15, -0.1) is 0 Å². The molecule has 1 fully saturated rings. The molecule has 0 bridgehead atoms. The van der Waals surface area contributed by atoms with Crippen molar-refractivity contribution in [1.82, 2.24) is 14.8 Å². The molecule has 40 heavy (non-hydrogen) atoms. The van der Waals surface area contributed by atoms with Crippen molar-refractivity contribution in [1.29, 1.82) is 0 Å². The summed E-state index contributed by atoms with van der Waals surface area (Å²) in [4.78, 5) is 46.6. The van der Waals surface area contributed by atoms with Crippen LogP contribution >= 0.6 is 23.1 Å². The molecule has 4 rings (SSSR count). The summed E-state index contributed by atoms with van der Waals surface area (Å²) in [6.07, 6.45) is 1.71. The Balaban J connectivity index is 1.44. The first kappa shape index (κ1) is 29.4. The molecule has 0 aliphatic carbocycles. The van der Waals surface area contributed by atoms with Crippen molar-refractivity contribution in [3.63, 3.8) is 0 Å². The van der Waals surface area contributed by atoms with Gasteiger partial charge in [-0.25, -0.2) is 4.98 Å².